The van der Waals surface area contributed by atoms with Crippen molar-refractivity contribution in [3.05, 3.63) is 35.4 Å². The lowest BCUT2D eigenvalue weighted by atomic mass is 9.97. The molecule has 0 bridgehead atoms. The standard InChI is InChI=1S/C17H30N2/c1-6-13(4)19(8-3)14(5)17(18)16-11-9-15(7-2)10-12-16/h9-14,17H,6-8,18H2,1-5H3. The van der Waals surface area contributed by atoms with Crippen LogP contribution in [0.25, 0.3) is 0 Å². The maximum Gasteiger partial charge on any atom is 0.0450 e. The second-order valence-corrected chi connectivity index (χ2v) is 5.45. The van der Waals surface area contributed by atoms with Gasteiger partial charge in [0.15, 0.2) is 0 Å². The summed E-state index contributed by atoms with van der Waals surface area (Å²) in [6.07, 6.45) is 2.25. The highest BCUT2D eigenvalue weighted by Gasteiger charge is 2.23. The minimum Gasteiger partial charge on any atom is -0.323 e. The van der Waals surface area contributed by atoms with E-state index in [4.69, 9.17) is 5.73 Å². The molecule has 1 aromatic carbocycles. The van der Waals surface area contributed by atoms with Crippen molar-refractivity contribution < 1.29 is 0 Å². The van der Waals surface area contributed by atoms with E-state index in [1.165, 1.54) is 17.5 Å². The summed E-state index contributed by atoms with van der Waals surface area (Å²) >= 11 is 0. The normalized spacial score (nSPS) is 16.4. The van der Waals surface area contributed by atoms with Crippen molar-refractivity contribution in [1.29, 1.82) is 0 Å². The topological polar surface area (TPSA) is 29.3 Å². The Morgan fingerprint density at radius 3 is 2.05 bits per heavy atom. The molecule has 0 aliphatic carbocycles. The smallest absolute Gasteiger partial charge is 0.0450 e. The third kappa shape index (κ3) is 4.05. The molecule has 1 rings (SSSR count). The highest BCUT2D eigenvalue weighted by atomic mass is 15.2. The van der Waals surface area contributed by atoms with E-state index in [2.05, 4.69) is 63.8 Å². The lowest BCUT2D eigenvalue weighted by Gasteiger charge is -2.36. The second-order valence-electron chi connectivity index (χ2n) is 5.45. The van der Waals surface area contributed by atoms with Gasteiger partial charge in [0.05, 0.1) is 0 Å². The zero-order valence-electron chi connectivity index (χ0n) is 13.2. The molecule has 1 aromatic rings. The van der Waals surface area contributed by atoms with Crippen molar-refractivity contribution in [1.82, 2.24) is 4.90 Å². The van der Waals surface area contributed by atoms with E-state index in [9.17, 15) is 0 Å². The van der Waals surface area contributed by atoms with Crippen molar-refractivity contribution in [3.63, 3.8) is 0 Å². The summed E-state index contributed by atoms with van der Waals surface area (Å²) < 4.78 is 0. The fourth-order valence-corrected chi connectivity index (χ4v) is 2.70. The van der Waals surface area contributed by atoms with Gasteiger partial charge in [-0.1, -0.05) is 45.0 Å². The molecule has 108 valence electrons. The van der Waals surface area contributed by atoms with Gasteiger partial charge in [0.25, 0.3) is 0 Å². The summed E-state index contributed by atoms with van der Waals surface area (Å²) in [5.74, 6) is 0. The Morgan fingerprint density at radius 2 is 1.63 bits per heavy atom. The van der Waals surface area contributed by atoms with Gasteiger partial charge >= 0.3 is 0 Å². The van der Waals surface area contributed by atoms with Crippen LogP contribution in [-0.4, -0.2) is 23.5 Å². The van der Waals surface area contributed by atoms with Gasteiger partial charge in [-0.25, -0.2) is 0 Å². The summed E-state index contributed by atoms with van der Waals surface area (Å²) in [6.45, 7) is 12.2. The van der Waals surface area contributed by atoms with Gasteiger partial charge < -0.3 is 5.73 Å². The van der Waals surface area contributed by atoms with Crippen LogP contribution in [-0.2, 0) is 6.42 Å². The maximum absolute atomic E-state index is 6.46. The molecule has 0 aromatic heterocycles. The van der Waals surface area contributed by atoms with Crippen LogP contribution in [0, 0.1) is 0 Å². The highest BCUT2D eigenvalue weighted by Crippen LogP contribution is 2.21. The first kappa shape index (κ1) is 16.2. The summed E-state index contributed by atoms with van der Waals surface area (Å²) in [5.41, 5.74) is 9.07. The molecule has 0 amide bonds. The number of likely N-dealkylation sites (N-methyl/N-ethyl adjacent to an activating group) is 1. The SMILES string of the molecule is CCc1ccc(C(N)C(C)N(CC)C(C)CC)cc1. The molecule has 0 fully saturated rings. The Kier molecular flexibility index (Phi) is 6.53. The van der Waals surface area contributed by atoms with Gasteiger partial charge in [-0.3, -0.25) is 4.90 Å². The van der Waals surface area contributed by atoms with E-state index < -0.39 is 0 Å². The van der Waals surface area contributed by atoms with E-state index in [1.54, 1.807) is 0 Å². The van der Waals surface area contributed by atoms with Crippen molar-refractivity contribution in [2.75, 3.05) is 6.54 Å². The van der Waals surface area contributed by atoms with E-state index in [-0.39, 0.29) is 6.04 Å². The molecule has 0 spiro atoms. The largest absolute Gasteiger partial charge is 0.323 e. The summed E-state index contributed by atoms with van der Waals surface area (Å²) in [7, 11) is 0. The zero-order valence-corrected chi connectivity index (χ0v) is 13.2. The van der Waals surface area contributed by atoms with Crippen molar-refractivity contribution in [2.45, 2.75) is 65.6 Å². The fourth-order valence-electron chi connectivity index (χ4n) is 2.70. The van der Waals surface area contributed by atoms with Gasteiger partial charge in [-0.05, 0) is 44.4 Å². The van der Waals surface area contributed by atoms with E-state index in [0.717, 1.165) is 13.0 Å². The molecule has 0 aliphatic heterocycles. The van der Waals surface area contributed by atoms with Gasteiger partial charge in [0, 0.05) is 18.1 Å². The van der Waals surface area contributed by atoms with Gasteiger partial charge in [0.1, 0.15) is 0 Å². The van der Waals surface area contributed by atoms with Gasteiger partial charge in [-0.15, -0.1) is 0 Å². The van der Waals surface area contributed by atoms with Gasteiger partial charge in [0.2, 0.25) is 0 Å². The molecule has 3 unspecified atom stereocenters. The molecule has 0 aliphatic rings. The van der Waals surface area contributed by atoms with Crippen LogP contribution < -0.4 is 5.73 Å². The number of benzene rings is 1. The Balaban J connectivity index is 2.81. The fraction of sp³-hybridized carbons (Fsp3) is 0.647. The summed E-state index contributed by atoms with van der Waals surface area (Å²) in [4.78, 5) is 2.50. The van der Waals surface area contributed by atoms with Crippen LogP contribution in [0.1, 0.15) is 58.2 Å². The Bertz CT molecular complexity index is 358. The van der Waals surface area contributed by atoms with E-state index >= 15 is 0 Å². The molecule has 2 N–H and O–H groups in total. The van der Waals surface area contributed by atoms with Crippen LogP contribution in [0.4, 0.5) is 0 Å². The molecule has 2 nitrogen and oxygen atoms in total. The predicted octanol–water partition coefficient (Wildman–Crippen LogP) is 3.76. The van der Waals surface area contributed by atoms with Crippen molar-refractivity contribution in [2.24, 2.45) is 5.73 Å². The van der Waals surface area contributed by atoms with Crippen molar-refractivity contribution in [3.8, 4) is 0 Å². The number of nitrogens with two attached hydrogens (primary N) is 1. The molecule has 0 saturated heterocycles. The predicted molar refractivity (Wildman–Crippen MR) is 84.3 cm³/mol. The third-order valence-electron chi connectivity index (χ3n) is 4.34. The first-order chi connectivity index (χ1) is 9.04. The van der Waals surface area contributed by atoms with Crippen LogP contribution in [0.5, 0.6) is 0 Å². The van der Waals surface area contributed by atoms with Gasteiger partial charge in [-0.2, -0.15) is 0 Å². The Labute approximate surface area is 119 Å². The van der Waals surface area contributed by atoms with Crippen molar-refractivity contribution >= 4 is 0 Å². The van der Waals surface area contributed by atoms with E-state index in [0.29, 0.717) is 12.1 Å². The second kappa shape index (κ2) is 7.66. The lowest BCUT2D eigenvalue weighted by Crippen LogP contribution is -2.45. The first-order valence-corrected chi connectivity index (χ1v) is 7.65. The Hall–Kier alpha value is -0.860. The molecular weight excluding hydrogens is 232 g/mol. The molecule has 0 radical (unpaired) electrons. The summed E-state index contributed by atoms with van der Waals surface area (Å²) in [6, 6.07) is 9.80. The molecule has 2 heteroatoms. The minimum absolute atomic E-state index is 0.0832. The van der Waals surface area contributed by atoms with Crippen LogP contribution in [0.2, 0.25) is 0 Å². The third-order valence-corrected chi connectivity index (χ3v) is 4.34. The molecular formula is C17H30N2. The van der Waals surface area contributed by atoms with Crippen LogP contribution in [0.3, 0.4) is 0 Å². The van der Waals surface area contributed by atoms with Crippen LogP contribution in [0.15, 0.2) is 24.3 Å². The van der Waals surface area contributed by atoms with Crippen LogP contribution >= 0.6 is 0 Å². The number of rotatable bonds is 7. The monoisotopic (exact) mass is 262 g/mol. The summed E-state index contributed by atoms with van der Waals surface area (Å²) in [5, 5.41) is 0. The lowest BCUT2D eigenvalue weighted by molar-refractivity contribution is 0.139. The quantitative estimate of drug-likeness (QED) is 0.810. The van der Waals surface area contributed by atoms with E-state index in [1.807, 2.05) is 0 Å². The molecule has 0 saturated carbocycles. The molecule has 3 atom stereocenters. The average Bonchev–Trinajstić information content (AvgIpc) is 2.46. The number of nitrogens with zero attached hydrogens (tertiary/aromatic N) is 1. The molecule has 0 heterocycles. The minimum atomic E-state index is 0.0832. The zero-order chi connectivity index (χ0) is 14.4. The Morgan fingerprint density at radius 1 is 1.05 bits per heavy atom. The molecule has 19 heavy (non-hydrogen) atoms. The first-order valence-electron chi connectivity index (χ1n) is 7.65. The number of hydrogen-bond acceptors (Lipinski definition) is 2. The number of hydrogen-bond donors (Lipinski definition) is 1. The maximum atomic E-state index is 6.46. The average molecular weight is 262 g/mol. The number of aryl methyl sites for hydroxylation is 1. The highest BCUT2D eigenvalue weighted by molar-refractivity contribution is 5.25.